The van der Waals surface area contributed by atoms with Crippen LogP contribution in [-0.2, 0) is 0 Å². The molecule has 0 aliphatic heterocycles. The zero-order chi connectivity index (χ0) is 30.3. The van der Waals surface area contributed by atoms with Gasteiger partial charge in [0.25, 0.3) is 11.8 Å². The van der Waals surface area contributed by atoms with E-state index in [-0.39, 0.29) is 48.7 Å². The van der Waals surface area contributed by atoms with Crippen LogP contribution in [-0.4, -0.2) is 35.9 Å². The number of hydrogen-bond acceptors (Lipinski definition) is 6. The minimum absolute atomic E-state index is 0. The molecule has 4 aromatic rings. The average Bonchev–Trinajstić information content (AvgIpc) is 3.69. The summed E-state index contributed by atoms with van der Waals surface area (Å²) < 4.78 is 1.18. The number of aromatic nitrogens is 2. The van der Waals surface area contributed by atoms with Crippen molar-refractivity contribution in [3.63, 3.8) is 0 Å². The van der Waals surface area contributed by atoms with Gasteiger partial charge < -0.3 is 20.6 Å². The van der Waals surface area contributed by atoms with Crippen LogP contribution in [0, 0.1) is 0 Å². The van der Waals surface area contributed by atoms with Crippen molar-refractivity contribution in [3.8, 4) is 0 Å². The first kappa shape index (κ1) is 46.6. The second kappa shape index (κ2) is 28.8. The number of amides is 2. The van der Waals surface area contributed by atoms with Gasteiger partial charge in [-0.1, -0.05) is 84.1 Å². The Morgan fingerprint density at radius 1 is 0.600 bits per heavy atom. The van der Waals surface area contributed by atoms with Crippen LogP contribution < -0.4 is 21.5 Å². The van der Waals surface area contributed by atoms with Gasteiger partial charge >= 0.3 is 0 Å². The molecular weight excluding hydrogens is 544 g/mol. The molecule has 4 N–H and O–H groups in total. The van der Waals surface area contributed by atoms with Gasteiger partial charge in [-0.05, 0) is 22.9 Å². The van der Waals surface area contributed by atoms with E-state index in [2.05, 4.69) is 20.6 Å². The third-order valence-corrected chi connectivity index (χ3v) is 5.75. The fraction of sp³-hybridized carbons (Fsp3) is 0.467. The molecule has 0 aliphatic rings. The van der Waals surface area contributed by atoms with Crippen molar-refractivity contribution in [2.24, 2.45) is 0 Å². The second-order valence-corrected chi connectivity index (χ2v) is 7.38. The number of carbonyl (C=O) groups is 2. The van der Waals surface area contributed by atoms with E-state index in [9.17, 15) is 19.2 Å². The largest absolute Gasteiger partial charge is 0.359 e. The van der Waals surface area contributed by atoms with Crippen molar-refractivity contribution >= 4 is 54.9 Å². The summed E-state index contributed by atoms with van der Waals surface area (Å²) >= 11 is 2.66. The molecule has 230 valence electrons. The Morgan fingerprint density at radius 3 is 1.12 bits per heavy atom. The number of aromatic amines is 2. The van der Waals surface area contributed by atoms with Gasteiger partial charge in [-0.2, -0.15) is 0 Å². The van der Waals surface area contributed by atoms with E-state index in [1.54, 1.807) is 0 Å². The quantitative estimate of drug-likeness (QED) is 0.185. The molecule has 0 fully saturated rings. The maximum absolute atomic E-state index is 11.7. The number of H-pyrrole nitrogens is 2. The van der Waals surface area contributed by atoms with Crippen molar-refractivity contribution in [2.75, 3.05) is 14.1 Å². The summed E-state index contributed by atoms with van der Waals surface area (Å²) in [6.07, 6.45) is 2.88. The standard InChI is InChI=1S/2C9H8N2O2S.5C2H6.2CH4/c2*1-10-9(13)5-4-11-6-2-3-14-8(6)7(5)12;5*1-2;;/h2*2-4H,1H3,(H,10,13)(H,11,12);5*1-2H3;2*1H4. The summed E-state index contributed by atoms with van der Waals surface area (Å²) in [6, 6.07) is 3.63. The molecule has 4 heterocycles. The number of carbonyl (C=O) groups excluding carboxylic acids is 2. The predicted molar refractivity (Wildman–Crippen MR) is 182 cm³/mol. The maximum atomic E-state index is 11.7. The first-order chi connectivity index (χ1) is 18.5. The fourth-order valence-corrected chi connectivity index (χ4v) is 4.10. The lowest BCUT2D eigenvalue weighted by atomic mass is 10.2. The molecule has 40 heavy (non-hydrogen) atoms. The van der Waals surface area contributed by atoms with E-state index < -0.39 is 0 Å². The van der Waals surface area contributed by atoms with Crippen LogP contribution in [0.5, 0.6) is 0 Å². The Kier molecular flexibility index (Phi) is 33.5. The highest BCUT2D eigenvalue weighted by atomic mass is 32.1. The van der Waals surface area contributed by atoms with Crippen molar-refractivity contribution in [1.29, 1.82) is 0 Å². The topological polar surface area (TPSA) is 124 Å². The zero-order valence-corrected chi connectivity index (χ0v) is 26.5. The molecule has 0 radical (unpaired) electrons. The van der Waals surface area contributed by atoms with Crippen LogP contribution in [0.4, 0.5) is 0 Å². The summed E-state index contributed by atoms with van der Waals surface area (Å²) in [6.45, 7) is 20.0. The Morgan fingerprint density at radius 2 is 0.875 bits per heavy atom. The minimum Gasteiger partial charge on any atom is -0.359 e. The Labute approximate surface area is 249 Å². The summed E-state index contributed by atoms with van der Waals surface area (Å²) in [5.74, 6) is -0.719. The number of pyridine rings is 2. The van der Waals surface area contributed by atoms with Crippen LogP contribution in [0.2, 0.25) is 0 Å². The third kappa shape index (κ3) is 13.2. The van der Waals surface area contributed by atoms with Gasteiger partial charge in [0.2, 0.25) is 10.9 Å². The minimum atomic E-state index is -0.360. The lowest BCUT2D eigenvalue weighted by Crippen LogP contribution is -2.25. The van der Waals surface area contributed by atoms with Crippen LogP contribution in [0.1, 0.15) is 105 Å². The highest BCUT2D eigenvalue weighted by Crippen LogP contribution is 2.15. The van der Waals surface area contributed by atoms with E-state index in [0.29, 0.717) is 9.40 Å². The average molecular weight is 599 g/mol. The van der Waals surface area contributed by atoms with Crippen molar-refractivity contribution in [3.05, 3.63) is 66.9 Å². The molecule has 0 aliphatic carbocycles. The molecular formula is C30H54N4O4S2. The summed E-state index contributed by atoms with van der Waals surface area (Å²) in [5.41, 5.74) is 1.42. The monoisotopic (exact) mass is 598 g/mol. The van der Waals surface area contributed by atoms with Crippen LogP contribution in [0.3, 0.4) is 0 Å². The number of thiophene rings is 2. The molecule has 4 aromatic heterocycles. The molecule has 4 rings (SSSR count). The molecule has 0 saturated carbocycles. The SMILES string of the molecule is C.C.CC.CC.CC.CC.CC.CNC(=O)c1c[nH]c2ccsc2c1=O.CNC(=O)c1c[nH]c2ccsc2c1=O. The van der Waals surface area contributed by atoms with E-state index >= 15 is 0 Å². The summed E-state index contributed by atoms with van der Waals surface area (Å²) in [4.78, 5) is 51.8. The smallest absolute Gasteiger partial charge is 0.256 e. The predicted octanol–water partition coefficient (Wildman–Crippen LogP) is 8.30. The number of hydrogen-bond donors (Lipinski definition) is 4. The van der Waals surface area contributed by atoms with Gasteiger partial charge in [0, 0.05) is 26.5 Å². The lowest BCUT2D eigenvalue weighted by molar-refractivity contribution is 0.0954. The fourth-order valence-electron chi connectivity index (χ4n) is 2.48. The Bertz CT molecular complexity index is 1190. The van der Waals surface area contributed by atoms with Crippen molar-refractivity contribution < 1.29 is 9.59 Å². The van der Waals surface area contributed by atoms with Gasteiger partial charge in [-0.25, -0.2) is 0 Å². The molecule has 0 bridgehead atoms. The molecule has 0 atom stereocenters. The molecule has 10 heteroatoms. The summed E-state index contributed by atoms with van der Waals surface area (Å²) in [5, 5.41) is 8.48. The van der Waals surface area contributed by atoms with Crippen molar-refractivity contribution in [2.45, 2.75) is 84.1 Å². The van der Waals surface area contributed by atoms with Gasteiger partial charge in [-0.15, -0.1) is 22.7 Å². The normalized spacial score (nSPS) is 8.00. The highest BCUT2D eigenvalue weighted by molar-refractivity contribution is 7.17. The lowest BCUT2D eigenvalue weighted by Gasteiger charge is -1.98. The summed E-state index contributed by atoms with van der Waals surface area (Å²) in [7, 11) is 3.00. The molecule has 8 nitrogen and oxygen atoms in total. The van der Waals surface area contributed by atoms with Crippen molar-refractivity contribution in [1.82, 2.24) is 20.6 Å². The van der Waals surface area contributed by atoms with Crippen LogP contribution in [0.25, 0.3) is 20.4 Å². The van der Waals surface area contributed by atoms with E-state index in [1.807, 2.05) is 92.1 Å². The van der Waals surface area contributed by atoms with Gasteiger partial charge in [-0.3, -0.25) is 19.2 Å². The Hall–Kier alpha value is -3.24. The highest BCUT2D eigenvalue weighted by Gasteiger charge is 2.12. The molecule has 0 unspecified atom stereocenters. The first-order valence-electron chi connectivity index (χ1n) is 13.1. The first-order valence-corrected chi connectivity index (χ1v) is 14.9. The Balaban J connectivity index is -0.000000150. The van der Waals surface area contributed by atoms with Crippen LogP contribution in [0.15, 0.2) is 44.9 Å². The third-order valence-electron chi connectivity index (χ3n) is 3.92. The van der Waals surface area contributed by atoms with Gasteiger partial charge in [0.15, 0.2) is 0 Å². The van der Waals surface area contributed by atoms with Gasteiger partial charge in [0.1, 0.15) is 11.1 Å². The number of fused-ring (bicyclic) bond motifs is 2. The maximum Gasteiger partial charge on any atom is 0.256 e. The zero-order valence-electron chi connectivity index (χ0n) is 24.9. The van der Waals surface area contributed by atoms with E-state index in [4.69, 9.17) is 0 Å². The molecule has 0 spiro atoms. The number of rotatable bonds is 2. The van der Waals surface area contributed by atoms with E-state index in [0.717, 1.165) is 11.0 Å². The molecule has 0 saturated heterocycles. The number of nitrogens with one attached hydrogen (secondary N) is 4. The van der Waals surface area contributed by atoms with E-state index in [1.165, 1.54) is 49.2 Å². The second-order valence-electron chi connectivity index (χ2n) is 5.55. The van der Waals surface area contributed by atoms with Crippen LogP contribution >= 0.6 is 22.7 Å². The molecule has 2 amide bonds. The van der Waals surface area contributed by atoms with Gasteiger partial charge in [0.05, 0.1) is 20.4 Å². The molecule has 0 aromatic carbocycles.